The van der Waals surface area contributed by atoms with Gasteiger partial charge in [-0.15, -0.1) is 0 Å². The van der Waals surface area contributed by atoms with Crippen molar-refractivity contribution in [3.63, 3.8) is 0 Å². The molecule has 2 amide bonds. The first-order valence-electron chi connectivity index (χ1n) is 5.03. The fourth-order valence-electron chi connectivity index (χ4n) is 1.21. The molecule has 0 aliphatic carbocycles. The van der Waals surface area contributed by atoms with Crippen LogP contribution in [-0.2, 0) is 6.42 Å². The van der Waals surface area contributed by atoms with Crippen LogP contribution in [-0.4, -0.2) is 12.6 Å². The lowest BCUT2D eigenvalue weighted by atomic mass is 10.1. The summed E-state index contributed by atoms with van der Waals surface area (Å²) in [7, 11) is 0. The zero-order valence-corrected chi connectivity index (χ0v) is 9.97. The van der Waals surface area contributed by atoms with Gasteiger partial charge in [0.1, 0.15) is 0 Å². The van der Waals surface area contributed by atoms with Crippen molar-refractivity contribution in [2.24, 2.45) is 0 Å². The predicted molar refractivity (Wildman–Crippen MR) is 66.5 cm³/mol. The Labute approximate surface area is 100 Å². The smallest absolute Gasteiger partial charge is 0.318 e. The minimum absolute atomic E-state index is 0.221. The Morgan fingerprint density at radius 3 is 2.56 bits per heavy atom. The first kappa shape index (κ1) is 12.6. The topological polar surface area (TPSA) is 41.1 Å². The molecule has 0 aliphatic rings. The Kier molecular flexibility index (Phi) is 4.86. The van der Waals surface area contributed by atoms with E-state index < -0.39 is 0 Å². The first-order valence-corrected chi connectivity index (χ1v) is 5.40. The highest BCUT2D eigenvalue weighted by Crippen LogP contribution is 2.09. The third-order valence-corrected chi connectivity index (χ3v) is 2.19. The Hall–Kier alpha value is -1.48. The summed E-state index contributed by atoms with van der Waals surface area (Å²) in [5.74, 6) is 0. The molecular weight excluding hydrogens is 224 g/mol. The van der Waals surface area contributed by atoms with E-state index in [2.05, 4.69) is 17.2 Å². The van der Waals surface area contributed by atoms with E-state index in [-0.39, 0.29) is 6.03 Å². The zero-order valence-electron chi connectivity index (χ0n) is 9.22. The second-order valence-corrected chi connectivity index (χ2v) is 3.97. The molecule has 1 aromatic carbocycles. The molecular formula is C12H15ClN2O. The Bertz CT molecular complexity index is 373. The van der Waals surface area contributed by atoms with Gasteiger partial charge in [0.25, 0.3) is 0 Å². The van der Waals surface area contributed by atoms with E-state index in [1.54, 1.807) is 6.92 Å². The fourth-order valence-corrected chi connectivity index (χ4v) is 1.34. The third kappa shape index (κ3) is 4.84. The molecule has 1 rings (SSSR count). The Morgan fingerprint density at radius 1 is 1.38 bits per heavy atom. The molecule has 0 saturated carbocycles. The van der Waals surface area contributed by atoms with Crippen molar-refractivity contribution in [3.05, 3.63) is 47.1 Å². The molecule has 1 aromatic rings. The van der Waals surface area contributed by atoms with Crippen molar-refractivity contribution in [1.82, 2.24) is 10.6 Å². The number of urea groups is 1. The van der Waals surface area contributed by atoms with E-state index in [0.717, 1.165) is 17.0 Å². The molecule has 4 heteroatoms. The number of rotatable bonds is 4. The van der Waals surface area contributed by atoms with Crippen LogP contribution in [0.1, 0.15) is 12.5 Å². The molecule has 86 valence electrons. The molecule has 0 spiro atoms. The van der Waals surface area contributed by atoms with Gasteiger partial charge in [-0.05, 0) is 31.0 Å². The second-order valence-electron chi connectivity index (χ2n) is 3.54. The summed E-state index contributed by atoms with van der Waals surface area (Å²) in [5, 5.41) is 6.02. The summed E-state index contributed by atoms with van der Waals surface area (Å²) >= 11 is 5.76. The highest BCUT2D eigenvalue weighted by Gasteiger charge is 1.99. The predicted octanol–water partition coefficient (Wildman–Crippen LogP) is 2.72. The summed E-state index contributed by atoms with van der Waals surface area (Å²) in [4.78, 5) is 11.2. The van der Waals surface area contributed by atoms with Crippen LogP contribution in [0.4, 0.5) is 4.79 Å². The standard InChI is InChI=1S/C12H15ClN2O/c1-9(2)15-12(16)14-8-7-10-3-5-11(13)6-4-10/h3-6H,1,7-8H2,2H3,(H2,14,15,16). The number of halogens is 1. The molecule has 0 fully saturated rings. The highest BCUT2D eigenvalue weighted by molar-refractivity contribution is 6.30. The van der Waals surface area contributed by atoms with Crippen LogP contribution in [0.5, 0.6) is 0 Å². The summed E-state index contributed by atoms with van der Waals surface area (Å²) in [6.45, 7) is 5.90. The van der Waals surface area contributed by atoms with Crippen LogP contribution < -0.4 is 10.6 Å². The van der Waals surface area contributed by atoms with Gasteiger partial charge in [0.05, 0.1) is 0 Å². The van der Waals surface area contributed by atoms with Gasteiger partial charge < -0.3 is 10.6 Å². The summed E-state index contributed by atoms with van der Waals surface area (Å²) < 4.78 is 0. The third-order valence-electron chi connectivity index (χ3n) is 1.94. The summed E-state index contributed by atoms with van der Waals surface area (Å²) in [6.07, 6.45) is 0.779. The molecule has 0 radical (unpaired) electrons. The van der Waals surface area contributed by atoms with Gasteiger partial charge >= 0.3 is 6.03 Å². The van der Waals surface area contributed by atoms with Crippen LogP contribution >= 0.6 is 11.6 Å². The van der Waals surface area contributed by atoms with E-state index in [0.29, 0.717) is 12.2 Å². The molecule has 0 aliphatic heterocycles. The lowest BCUT2D eigenvalue weighted by molar-refractivity contribution is 0.243. The van der Waals surface area contributed by atoms with E-state index in [4.69, 9.17) is 11.6 Å². The number of hydrogen-bond acceptors (Lipinski definition) is 1. The van der Waals surface area contributed by atoms with Crippen molar-refractivity contribution in [2.45, 2.75) is 13.3 Å². The van der Waals surface area contributed by atoms with Gasteiger partial charge in [-0.2, -0.15) is 0 Å². The van der Waals surface area contributed by atoms with E-state index in [1.807, 2.05) is 24.3 Å². The quantitative estimate of drug-likeness (QED) is 0.832. The van der Waals surface area contributed by atoms with Crippen LogP contribution in [0.2, 0.25) is 5.02 Å². The monoisotopic (exact) mass is 238 g/mol. The van der Waals surface area contributed by atoms with Gasteiger partial charge in [0.15, 0.2) is 0 Å². The van der Waals surface area contributed by atoms with E-state index in [9.17, 15) is 4.79 Å². The van der Waals surface area contributed by atoms with Crippen LogP contribution in [0.3, 0.4) is 0 Å². The van der Waals surface area contributed by atoms with Crippen LogP contribution in [0.25, 0.3) is 0 Å². The molecule has 0 bridgehead atoms. The number of hydrogen-bond donors (Lipinski definition) is 2. The van der Waals surface area contributed by atoms with E-state index >= 15 is 0 Å². The number of allylic oxidation sites excluding steroid dienone is 1. The molecule has 0 atom stereocenters. The number of carbonyl (C=O) groups excluding carboxylic acids is 1. The maximum absolute atomic E-state index is 11.2. The number of nitrogens with one attached hydrogen (secondary N) is 2. The average Bonchev–Trinajstić information content (AvgIpc) is 2.20. The molecule has 0 unspecified atom stereocenters. The largest absolute Gasteiger partial charge is 0.338 e. The molecule has 3 nitrogen and oxygen atoms in total. The van der Waals surface area contributed by atoms with Crippen molar-refractivity contribution < 1.29 is 4.79 Å². The first-order chi connectivity index (χ1) is 7.58. The van der Waals surface area contributed by atoms with Crippen molar-refractivity contribution in [1.29, 1.82) is 0 Å². The average molecular weight is 239 g/mol. The zero-order chi connectivity index (χ0) is 12.0. The Balaban J connectivity index is 2.28. The van der Waals surface area contributed by atoms with Gasteiger partial charge in [-0.1, -0.05) is 30.3 Å². The molecule has 0 saturated heterocycles. The minimum atomic E-state index is -0.221. The number of amides is 2. The number of carbonyl (C=O) groups is 1. The van der Waals surface area contributed by atoms with Crippen LogP contribution in [0, 0.1) is 0 Å². The Morgan fingerprint density at radius 2 is 2.00 bits per heavy atom. The van der Waals surface area contributed by atoms with Gasteiger partial charge in [0.2, 0.25) is 0 Å². The molecule has 0 aromatic heterocycles. The maximum atomic E-state index is 11.2. The molecule has 2 N–H and O–H groups in total. The minimum Gasteiger partial charge on any atom is -0.338 e. The van der Waals surface area contributed by atoms with Crippen molar-refractivity contribution in [3.8, 4) is 0 Å². The normalized spacial score (nSPS) is 9.62. The maximum Gasteiger partial charge on any atom is 0.318 e. The summed E-state index contributed by atoms with van der Waals surface area (Å²) in [5.41, 5.74) is 1.77. The molecule has 0 heterocycles. The SMILES string of the molecule is C=C(C)NC(=O)NCCc1ccc(Cl)cc1. The van der Waals surface area contributed by atoms with Gasteiger partial charge in [-0.25, -0.2) is 4.79 Å². The molecule has 16 heavy (non-hydrogen) atoms. The lowest BCUT2D eigenvalue weighted by Crippen LogP contribution is -2.35. The lowest BCUT2D eigenvalue weighted by Gasteiger charge is -2.06. The number of benzene rings is 1. The van der Waals surface area contributed by atoms with Crippen molar-refractivity contribution in [2.75, 3.05) is 6.54 Å². The van der Waals surface area contributed by atoms with Crippen LogP contribution in [0.15, 0.2) is 36.5 Å². The van der Waals surface area contributed by atoms with Gasteiger partial charge in [0, 0.05) is 17.3 Å². The second kappa shape index (κ2) is 6.18. The van der Waals surface area contributed by atoms with Crippen molar-refractivity contribution >= 4 is 17.6 Å². The fraction of sp³-hybridized carbons (Fsp3) is 0.250. The van der Waals surface area contributed by atoms with Gasteiger partial charge in [-0.3, -0.25) is 0 Å². The highest BCUT2D eigenvalue weighted by atomic mass is 35.5. The van der Waals surface area contributed by atoms with E-state index in [1.165, 1.54) is 0 Å². The summed E-state index contributed by atoms with van der Waals surface area (Å²) in [6, 6.07) is 7.35.